The average Bonchev–Trinajstić information content (AvgIpc) is 2.72. The fourth-order valence-electron chi connectivity index (χ4n) is 2.88. The van der Waals surface area contributed by atoms with Crippen LogP contribution < -0.4 is 5.73 Å². The van der Waals surface area contributed by atoms with Crippen molar-refractivity contribution in [2.75, 3.05) is 6.54 Å². The van der Waals surface area contributed by atoms with E-state index in [0.29, 0.717) is 6.54 Å². The van der Waals surface area contributed by atoms with E-state index >= 15 is 0 Å². The minimum Gasteiger partial charge on any atom is -0.330 e. The maximum absolute atomic E-state index is 14.0. The fraction of sp³-hybridized carbons (Fsp3) is 0.250. The van der Waals surface area contributed by atoms with Crippen molar-refractivity contribution in [2.45, 2.75) is 19.3 Å². The third-order valence-corrected chi connectivity index (χ3v) is 3.83. The van der Waals surface area contributed by atoms with Gasteiger partial charge in [-0.2, -0.15) is 0 Å². The van der Waals surface area contributed by atoms with E-state index in [9.17, 15) is 4.39 Å². The summed E-state index contributed by atoms with van der Waals surface area (Å²) < 4.78 is 14.0. The number of fused-ring (bicyclic) bond motifs is 3. The Hall–Kier alpha value is -1.67. The van der Waals surface area contributed by atoms with E-state index in [1.165, 1.54) is 17.2 Å². The quantitative estimate of drug-likeness (QED) is 0.856. The highest BCUT2D eigenvalue weighted by molar-refractivity contribution is 5.79. The van der Waals surface area contributed by atoms with E-state index < -0.39 is 0 Å². The number of nitrogens with two attached hydrogens (primary N) is 1. The predicted octanol–water partition coefficient (Wildman–Crippen LogP) is 3.46. The SMILES string of the molecule is CCc1ccc2c(c1)C(CN)c1cccc(F)c1-2. The number of rotatable bonds is 2. The zero-order valence-corrected chi connectivity index (χ0v) is 10.4. The molecule has 0 heterocycles. The molecule has 0 spiro atoms. The van der Waals surface area contributed by atoms with Gasteiger partial charge >= 0.3 is 0 Å². The van der Waals surface area contributed by atoms with Gasteiger partial charge in [0.15, 0.2) is 0 Å². The monoisotopic (exact) mass is 241 g/mol. The lowest BCUT2D eigenvalue weighted by Crippen LogP contribution is -2.11. The molecular weight excluding hydrogens is 225 g/mol. The highest BCUT2D eigenvalue weighted by Crippen LogP contribution is 2.45. The van der Waals surface area contributed by atoms with Crippen LogP contribution in [0.15, 0.2) is 36.4 Å². The van der Waals surface area contributed by atoms with Gasteiger partial charge in [-0.3, -0.25) is 0 Å². The molecule has 1 nitrogen and oxygen atoms in total. The van der Waals surface area contributed by atoms with E-state index in [4.69, 9.17) is 5.73 Å². The second-order valence-corrected chi connectivity index (χ2v) is 4.77. The first-order valence-corrected chi connectivity index (χ1v) is 6.38. The first-order valence-electron chi connectivity index (χ1n) is 6.38. The largest absolute Gasteiger partial charge is 0.330 e. The molecule has 1 aliphatic rings. The van der Waals surface area contributed by atoms with Gasteiger partial charge in [-0.25, -0.2) is 4.39 Å². The summed E-state index contributed by atoms with van der Waals surface area (Å²) in [6.07, 6.45) is 0.989. The number of aryl methyl sites for hydroxylation is 1. The standard InChI is InChI=1S/C16H16FN/c1-2-10-6-7-12-13(8-10)14(9-18)11-4-3-5-15(17)16(11)12/h3-8,14H,2,9,18H2,1H3. The van der Waals surface area contributed by atoms with Gasteiger partial charge in [-0.1, -0.05) is 37.3 Å². The molecule has 2 aromatic carbocycles. The van der Waals surface area contributed by atoms with E-state index in [1.54, 1.807) is 6.07 Å². The Labute approximate surface area is 106 Å². The van der Waals surface area contributed by atoms with Crippen molar-refractivity contribution >= 4 is 0 Å². The Morgan fingerprint density at radius 3 is 2.72 bits per heavy atom. The molecule has 2 N–H and O–H groups in total. The van der Waals surface area contributed by atoms with Crippen LogP contribution in [0.25, 0.3) is 11.1 Å². The molecule has 1 unspecified atom stereocenters. The van der Waals surface area contributed by atoms with Crippen LogP contribution in [0.3, 0.4) is 0 Å². The number of benzene rings is 2. The summed E-state index contributed by atoms with van der Waals surface area (Å²) in [5.74, 6) is -0.00820. The van der Waals surface area contributed by atoms with Gasteiger partial charge in [0, 0.05) is 18.0 Å². The Bertz CT molecular complexity index is 604. The first kappa shape index (κ1) is 11.4. The molecule has 0 bridgehead atoms. The molecule has 92 valence electrons. The zero-order valence-electron chi connectivity index (χ0n) is 10.4. The summed E-state index contributed by atoms with van der Waals surface area (Å²) in [5.41, 5.74) is 11.1. The lowest BCUT2D eigenvalue weighted by Gasteiger charge is -2.11. The van der Waals surface area contributed by atoms with Gasteiger partial charge in [-0.15, -0.1) is 0 Å². The van der Waals surface area contributed by atoms with Crippen molar-refractivity contribution in [1.29, 1.82) is 0 Å². The molecule has 0 saturated heterocycles. The maximum atomic E-state index is 14.0. The summed E-state index contributed by atoms with van der Waals surface area (Å²) >= 11 is 0. The third-order valence-electron chi connectivity index (χ3n) is 3.83. The Kier molecular flexibility index (Phi) is 2.67. The third kappa shape index (κ3) is 1.49. The normalized spacial score (nSPS) is 16.5. The summed E-state index contributed by atoms with van der Waals surface area (Å²) in [5, 5.41) is 0. The van der Waals surface area contributed by atoms with E-state index in [1.807, 2.05) is 12.1 Å². The Morgan fingerprint density at radius 2 is 2.00 bits per heavy atom. The molecule has 3 rings (SSSR count). The minimum atomic E-state index is -0.144. The molecular formula is C16H16FN. The number of hydrogen-bond acceptors (Lipinski definition) is 1. The number of hydrogen-bond donors (Lipinski definition) is 1. The zero-order chi connectivity index (χ0) is 12.7. The van der Waals surface area contributed by atoms with Crippen LogP contribution in [0.4, 0.5) is 4.39 Å². The van der Waals surface area contributed by atoms with E-state index in [2.05, 4.69) is 19.1 Å². The second-order valence-electron chi connectivity index (χ2n) is 4.77. The molecule has 18 heavy (non-hydrogen) atoms. The van der Waals surface area contributed by atoms with E-state index in [0.717, 1.165) is 23.1 Å². The Morgan fingerprint density at radius 1 is 1.17 bits per heavy atom. The molecule has 1 aliphatic carbocycles. The Balaban J connectivity index is 2.28. The molecule has 0 fully saturated rings. The maximum Gasteiger partial charge on any atom is 0.131 e. The van der Waals surface area contributed by atoms with Crippen LogP contribution in [0.2, 0.25) is 0 Å². The van der Waals surface area contributed by atoms with Gasteiger partial charge in [0.25, 0.3) is 0 Å². The van der Waals surface area contributed by atoms with Crippen LogP contribution in [0.1, 0.15) is 29.5 Å². The van der Waals surface area contributed by atoms with Crippen LogP contribution >= 0.6 is 0 Å². The lowest BCUT2D eigenvalue weighted by molar-refractivity contribution is 0.630. The van der Waals surface area contributed by atoms with Gasteiger partial charge in [0.1, 0.15) is 5.82 Å². The molecule has 0 saturated carbocycles. The topological polar surface area (TPSA) is 26.0 Å². The highest BCUT2D eigenvalue weighted by Gasteiger charge is 2.29. The number of halogens is 1. The molecule has 1 atom stereocenters. The van der Waals surface area contributed by atoms with Crippen molar-refractivity contribution in [3.05, 3.63) is 58.9 Å². The van der Waals surface area contributed by atoms with Crippen molar-refractivity contribution in [3.63, 3.8) is 0 Å². The highest BCUT2D eigenvalue weighted by atomic mass is 19.1. The molecule has 0 aromatic heterocycles. The van der Waals surface area contributed by atoms with Crippen LogP contribution in [-0.4, -0.2) is 6.54 Å². The second kappa shape index (κ2) is 4.21. The average molecular weight is 241 g/mol. The molecule has 0 aliphatic heterocycles. The van der Waals surface area contributed by atoms with E-state index in [-0.39, 0.29) is 11.7 Å². The van der Waals surface area contributed by atoms with Crippen molar-refractivity contribution in [2.24, 2.45) is 5.73 Å². The fourth-order valence-corrected chi connectivity index (χ4v) is 2.88. The summed E-state index contributed by atoms with van der Waals surface area (Å²) in [6, 6.07) is 11.6. The summed E-state index contributed by atoms with van der Waals surface area (Å²) in [4.78, 5) is 0. The van der Waals surface area contributed by atoms with Crippen molar-refractivity contribution in [1.82, 2.24) is 0 Å². The van der Waals surface area contributed by atoms with Gasteiger partial charge in [-0.05, 0) is 34.7 Å². The predicted molar refractivity (Wildman–Crippen MR) is 72.1 cm³/mol. The molecule has 2 heteroatoms. The summed E-state index contributed by atoms with van der Waals surface area (Å²) in [6.45, 7) is 2.65. The van der Waals surface area contributed by atoms with Crippen LogP contribution in [-0.2, 0) is 6.42 Å². The smallest absolute Gasteiger partial charge is 0.131 e. The van der Waals surface area contributed by atoms with Crippen molar-refractivity contribution in [3.8, 4) is 11.1 Å². The minimum absolute atomic E-state index is 0.136. The summed E-state index contributed by atoms with van der Waals surface area (Å²) in [7, 11) is 0. The van der Waals surface area contributed by atoms with Crippen molar-refractivity contribution < 1.29 is 4.39 Å². The lowest BCUT2D eigenvalue weighted by atomic mass is 9.95. The van der Waals surface area contributed by atoms with Gasteiger partial charge in [0.2, 0.25) is 0 Å². The molecule has 2 aromatic rings. The van der Waals surface area contributed by atoms with Crippen LogP contribution in [0, 0.1) is 5.82 Å². The van der Waals surface area contributed by atoms with Gasteiger partial charge < -0.3 is 5.73 Å². The molecule has 0 radical (unpaired) electrons. The first-order chi connectivity index (χ1) is 8.76. The molecule has 0 amide bonds. The van der Waals surface area contributed by atoms with Gasteiger partial charge in [0.05, 0.1) is 0 Å². The van der Waals surface area contributed by atoms with Crippen LogP contribution in [0.5, 0.6) is 0 Å².